The van der Waals surface area contributed by atoms with Gasteiger partial charge in [0.1, 0.15) is 5.75 Å². The Morgan fingerprint density at radius 2 is 2.06 bits per heavy atom. The van der Waals surface area contributed by atoms with Gasteiger partial charge in [-0.1, -0.05) is 24.3 Å². The molecule has 1 aromatic rings. The highest BCUT2D eigenvalue weighted by atomic mass is 16.5. The Hall–Kier alpha value is -1.70. The quantitative estimate of drug-likeness (QED) is 0.744. The van der Waals surface area contributed by atoms with Gasteiger partial charge in [-0.25, -0.2) is 0 Å². The molecule has 0 amide bonds. The Bertz CT molecular complexity index is 456. The molecule has 0 bridgehead atoms. The molecular formula is C16H21NO. The molecule has 96 valence electrons. The molecule has 0 spiro atoms. The highest BCUT2D eigenvalue weighted by Crippen LogP contribution is 2.28. The Kier molecular flexibility index (Phi) is 4.08. The van der Waals surface area contributed by atoms with Gasteiger partial charge in [-0.15, -0.1) is 0 Å². The average Bonchev–Trinajstić information content (AvgIpc) is 2.90. The van der Waals surface area contributed by atoms with E-state index in [2.05, 4.69) is 35.8 Å². The second-order valence-corrected chi connectivity index (χ2v) is 4.80. The first kappa shape index (κ1) is 12.7. The maximum Gasteiger partial charge on any atom is 0.128 e. The minimum Gasteiger partial charge on any atom is -0.496 e. The fourth-order valence-electron chi connectivity index (χ4n) is 2.24. The first-order valence-corrected chi connectivity index (χ1v) is 6.47. The second kappa shape index (κ2) is 5.76. The molecule has 0 aromatic heterocycles. The van der Waals surface area contributed by atoms with Crippen molar-refractivity contribution >= 4 is 11.8 Å². The molecule has 0 atom stereocenters. The number of nitrogens with zero attached hydrogens (tertiary/aromatic N) is 1. The van der Waals surface area contributed by atoms with E-state index in [1.54, 1.807) is 7.11 Å². The van der Waals surface area contributed by atoms with E-state index in [-0.39, 0.29) is 0 Å². The third-order valence-electron chi connectivity index (χ3n) is 3.24. The topological polar surface area (TPSA) is 12.5 Å². The van der Waals surface area contributed by atoms with Crippen molar-refractivity contribution in [3.05, 3.63) is 42.0 Å². The number of hydrogen-bond acceptors (Lipinski definition) is 2. The number of ether oxygens (including phenoxy) is 1. The van der Waals surface area contributed by atoms with Crippen molar-refractivity contribution < 1.29 is 4.74 Å². The van der Waals surface area contributed by atoms with Gasteiger partial charge >= 0.3 is 0 Å². The average molecular weight is 243 g/mol. The van der Waals surface area contributed by atoms with Gasteiger partial charge < -0.3 is 9.64 Å². The van der Waals surface area contributed by atoms with E-state index in [0.29, 0.717) is 0 Å². The summed E-state index contributed by atoms with van der Waals surface area (Å²) >= 11 is 0. The Morgan fingerprint density at radius 3 is 2.67 bits per heavy atom. The summed E-state index contributed by atoms with van der Waals surface area (Å²) in [5, 5.41) is 0. The summed E-state index contributed by atoms with van der Waals surface area (Å²) in [5.74, 6) is 0.928. The van der Waals surface area contributed by atoms with Gasteiger partial charge in [-0.2, -0.15) is 0 Å². The van der Waals surface area contributed by atoms with Gasteiger partial charge in [0.05, 0.1) is 7.11 Å². The SMILES string of the molecule is C=C(C)/C=C/c1ccc(N2CCCC2)cc1OC. The molecule has 1 saturated heterocycles. The van der Waals surface area contributed by atoms with Crippen LogP contribution in [0.3, 0.4) is 0 Å². The molecule has 0 radical (unpaired) electrons. The van der Waals surface area contributed by atoms with Crippen molar-refractivity contribution in [3.8, 4) is 5.75 Å². The largest absolute Gasteiger partial charge is 0.496 e. The Morgan fingerprint density at radius 1 is 1.33 bits per heavy atom. The van der Waals surface area contributed by atoms with Crippen LogP contribution >= 0.6 is 0 Å². The van der Waals surface area contributed by atoms with Crippen molar-refractivity contribution in [2.75, 3.05) is 25.1 Å². The van der Waals surface area contributed by atoms with Crippen LogP contribution in [-0.4, -0.2) is 20.2 Å². The lowest BCUT2D eigenvalue weighted by molar-refractivity contribution is 0.414. The van der Waals surface area contributed by atoms with E-state index in [4.69, 9.17) is 4.74 Å². The van der Waals surface area contributed by atoms with E-state index in [1.165, 1.54) is 18.5 Å². The number of anilines is 1. The zero-order chi connectivity index (χ0) is 13.0. The van der Waals surface area contributed by atoms with Gasteiger partial charge in [-0.05, 0) is 31.9 Å². The molecule has 1 aliphatic rings. The van der Waals surface area contributed by atoms with Crippen molar-refractivity contribution in [1.82, 2.24) is 0 Å². The molecule has 1 aromatic carbocycles. The number of benzene rings is 1. The van der Waals surface area contributed by atoms with Gasteiger partial charge in [0, 0.05) is 30.4 Å². The fourth-order valence-corrected chi connectivity index (χ4v) is 2.24. The number of methoxy groups -OCH3 is 1. The summed E-state index contributed by atoms with van der Waals surface area (Å²) in [6.07, 6.45) is 6.64. The number of rotatable bonds is 4. The van der Waals surface area contributed by atoms with Gasteiger partial charge in [-0.3, -0.25) is 0 Å². The molecular weight excluding hydrogens is 222 g/mol. The van der Waals surface area contributed by atoms with Crippen LogP contribution in [0.4, 0.5) is 5.69 Å². The first-order chi connectivity index (χ1) is 8.70. The Balaban J connectivity index is 2.24. The van der Waals surface area contributed by atoms with E-state index < -0.39 is 0 Å². The smallest absolute Gasteiger partial charge is 0.128 e. The maximum atomic E-state index is 5.47. The minimum atomic E-state index is 0.928. The summed E-state index contributed by atoms with van der Waals surface area (Å²) in [7, 11) is 1.72. The molecule has 2 rings (SSSR count). The summed E-state index contributed by atoms with van der Waals surface area (Å²) in [5.41, 5.74) is 3.40. The monoisotopic (exact) mass is 243 g/mol. The van der Waals surface area contributed by atoms with E-state index in [0.717, 1.165) is 30.0 Å². The number of allylic oxidation sites excluding steroid dienone is 2. The predicted molar refractivity (Wildman–Crippen MR) is 78.3 cm³/mol. The molecule has 0 saturated carbocycles. The van der Waals surface area contributed by atoms with Gasteiger partial charge in [0.2, 0.25) is 0 Å². The molecule has 1 heterocycles. The molecule has 1 fully saturated rings. The summed E-state index contributed by atoms with van der Waals surface area (Å²) in [6, 6.07) is 6.42. The van der Waals surface area contributed by atoms with Crippen LogP contribution in [0.1, 0.15) is 25.3 Å². The van der Waals surface area contributed by atoms with E-state index in [9.17, 15) is 0 Å². The molecule has 18 heavy (non-hydrogen) atoms. The molecule has 2 nitrogen and oxygen atoms in total. The first-order valence-electron chi connectivity index (χ1n) is 6.47. The van der Waals surface area contributed by atoms with E-state index in [1.807, 2.05) is 13.0 Å². The third kappa shape index (κ3) is 2.95. The fraction of sp³-hybridized carbons (Fsp3) is 0.375. The zero-order valence-electron chi connectivity index (χ0n) is 11.3. The van der Waals surface area contributed by atoms with Crippen LogP contribution in [0.2, 0.25) is 0 Å². The van der Waals surface area contributed by atoms with Gasteiger partial charge in [0.25, 0.3) is 0 Å². The molecule has 0 N–H and O–H groups in total. The summed E-state index contributed by atoms with van der Waals surface area (Å²) < 4.78 is 5.47. The highest BCUT2D eigenvalue weighted by molar-refractivity contribution is 5.65. The van der Waals surface area contributed by atoms with Crippen molar-refractivity contribution in [2.45, 2.75) is 19.8 Å². The third-order valence-corrected chi connectivity index (χ3v) is 3.24. The zero-order valence-corrected chi connectivity index (χ0v) is 11.3. The van der Waals surface area contributed by atoms with Crippen LogP contribution in [0, 0.1) is 0 Å². The second-order valence-electron chi connectivity index (χ2n) is 4.80. The van der Waals surface area contributed by atoms with Crippen LogP contribution in [0.5, 0.6) is 5.75 Å². The summed E-state index contributed by atoms with van der Waals surface area (Å²) in [6.45, 7) is 8.17. The molecule has 2 heteroatoms. The lowest BCUT2D eigenvalue weighted by atomic mass is 10.1. The van der Waals surface area contributed by atoms with Crippen LogP contribution in [0.15, 0.2) is 36.4 Å². The van der Waals surface area contributed by atoms with Crippen LogP contribution in [0.25, 0.3) is 6.08 Å². The lowest BCUT2D eigenvalue weighted by Gasteiger charge is -2.19. The van der Waals surface area contributed by atoms with Crippen LogP contribution < -0.4 is 9.64 Å². The molecule has 1 aliphatic heterocycles. The lowest BCUT2D eigenvalue weighted by Crippen LogP contribution is -2.17. The van der Waals surface area contributed by atoms with Crippen molar-refractivity contribution in [1.29, 1.82) is 0 Å². The van der Waals surface area contributed by atoms with Gasteiger partial charge in [0.15, 0.2) is 0 Å². The minimum absolute atomic E-state index is 0.928. The normalized spacial score (nSPS) is 15.3. The van der Waals surface area contributed by atoms with Crippen molar-refractivity contribution in [2.24, 2.45) is 0 Å². The standard InChI is InChI=1S/C16H21NO/c1-13(2)6-7-14-8-9-15(12-16(14)18-3)17-10-4-5-11-17/h6-9,12H,1,4-5,10-11H2,2-3H3/b7-6+. The molecule has 0 aliphatic carbocycles. The molecule has 0 unspecified atom stereocenters. The highest BCUT2D eigenvalue weighted by Gasteiger charge is 2.13. The number of hydrogen-bond donors (Lipinski definition) is 0. The van der Waals surface area contributed by atoms with Crippen LogP contribution in [-0.2, 0) is 0 Å². The summed E-state index contributed by atoms with van der Waals surface area (Å²) in [4.78, 5) is 2.41. The van der Waals surface area contributed by atoms with Crippen molar-refractivity contribution in [3.63, 3.8) is 0 Å². The maximum absolute atomic E-state index is 5.47. The van der Waals surface area contributed by atoms with E-state index >= 15 is 0 Å². The Labute approximate surface area is 110 Å². The predicted octanol–water partition coefficient (Wildman–Crippen LogP) is 3.88.